The van der Waals surface area contributed by atoms with Crippen molar-refractivity contribution in [3.8, 4) is 0 Å². The lowest BCUT2D eigenvalue weighted by Gasteiger charge is -2.26. The summed E-state index contributed by atoms with van der Waals surface area (Å²) in [4.78, 5) is 33.3. The van der Waals surface area contributed by atoms with Gasteiger partial charge in [-0.05, 0) is 31.9 Å². The van der Waals surface area contributed by atoms with Gasteiger partial charge in [-0.2, -0.15) is 0 Å². The molecule has 2 fully saturated rings. The van der Waals surface area contributed by atoms with Crippen molar-refractivity contribution in [1.29, 1.82) is 0 Å². The van der Waals surface area contributed by atoms with Gasteiger partial charge in [0.1, 0.15) is 0 Å². The van der Waals surface area contributed by atoms with Crippen LogP contribution in [0.1, 0.15) is 27.4 Å². The molecule has 2 amide bonds. The fourth-order valence-corrected chi connectivity index (χ4v) is 4.48. The molecule has 0 spiro atoms. The van der Waals surface area contributed by atoms with Crippen LogP contribution >= 0.6 is 11.3 Å². The first-order valence-electron chi connectivity index (χ1n) is 8.97. The Bertz CT molecular complexity index is 618. The van der Waals surface area contributed by atoms with Gasteiger partial charge in [0, 0.05) is 51.3 Å². The van der Waals surface area contributed by atoms with E-state index in [2.05, 4.69) is 4.90 Å². The van der Waals surface area contributed by atoms with E-state index in [9.17, 15) is 9.59 Å². The maximum atomic E-state index is 12.7. The van der Waals surface area contributed by atoms with Crippen LogP contribution in [-0.4, -0.2) is 85.5 Å². The zero-order chi connectivity index (χ0) is 17.8. The number of nitrogens with zero attached hydrogens (tertiary/aromatic N) is 3. The maximum Gasteiger partial charge on any atom is 0.263 e. The van der Waals surface area contributed by atoms with Gasteiger partial charge in [0.25, 0.3) is 5.91 Å². The van der Waals surface area contributed by atoms with E-state index in [1.165, 1.54) is 0 Å². The highest BCUT2D eigenvalue weighted by Crippen LogP contribution is 2.21. The molecule has 3 rings (SSSR count). The first-order chi connectivity index (χ1) is 12.1. The average Bonchev–Trinajstić information content (AvgIpc) is 3.10. The van der Waals surface area contributed by atoms with E-state index in [0.29, 0.717) is 19.7 Å². The van der Waals surface area contributed by atoms with Crippen LogP contribution in [0.3, 0.4) is 0 Å². The van der Waals surface area contributed by atoms with E-state index < -0.39 is 0 Å². The van der Waals surface area contributed by atoms with Crippen molar-refractivity contribution in [2.45, 2.75) is 25.8 Å². The summed E-state index contributed by atoms with van der Waals surface area (Å²) in [7, 11) is 1.66. The maximum absolute atomic E-state index is 12.7. The van der Waals surface area contributed by atoms with Gasteiger partial charge in [-0.3, -0.25) is 14.5 Å². The number of thiophene rings is 1. The summed E-state index contributed by atoms with van der Waals surface area (Å²) in [5, 5.41) is 0. The molecular formula is C18H27N3O3S. The first kappa shape index (κ1) is 18.4. The van der Waals surface area contributed by atoms with Gasteiger partial charge in [-0.15, -0.1) is 11.3 Å². The summed E-state index contributed by atoms with van der Waals surface area (Å²) in [6, 6.07) is 3.88. The van der Waals surface area contributed by atoms with Crippen LogP contribution < -0.4 is 0 Å². The van der Waals surface area contributed by atoms with Gasteiger partial charge in [-0.25, -0.2) is 0 Å². The average molecular weight is 365 g/mol. The Labute approximate surface area is 153 Å². The Kier molecular flexibility index (Phi) is 6.09. The smallest absolute Gasteiger partial charge is 0.263 e. The van der Waals surface area contributed by atoms with Crippen LogP contribution in [0.15, 0.2) is 12.1 Å². The van der Waals surface area contributed by atoms with Gasteiger partial charge >= 0.3 is 0 Å². The number of hydrogen-bond acceptors (Lipinski definition) is 5. The van der Waals surface area contributed by atoms with Gasteiger partial charge in [0.05, 0.1) is 17.5 Å². The third-order valence-corrected chi connectivity index (χ3v) is 6.03. The lowest BCUT2D eigenvalue weighted by Crippen LogP contribution is -2.44. The number of rotatable bonds is 5. The minimum Gasteiger partial charge on any atom is -0.383 e. The molecule has 1 atom stereocenters. The molecule has 2 saturated heterocycles. The Hall–Kier alpha value is -1.44. The number of hydrogen-bond donors (Lipinski definition) is 0. The van der Waals surface area contributed by atoms with E-state index >= 15 is 0 Å². The number of methoxy groups -OCH3 is 1. The monoisotopic (exact) mass is 365 g/mol. The van der Waals surface area contributed by atoms with Crippen LogP contribution in [0, 0.1) is 6.92 Å². The molecule has 2 aliphatic heterocycles. The molecule has 0 saturated carbocycles. The zero-order valence-electron chi connectivity index (χ0n) is 15.1. The quantitative estimate of drug-likeness (QED) is 0.793. The van der Waals surface area contributed by atoms with Gasteiger partial charge in [0.2, 0.25) is 5.91 Å². The number of ether oxygens (including phenoxy) is 1. The third kappa shape index (κ3) is 4.22. The second-order valence-corrected chi connectivity index (χ2v) is 8.00. The molecule has 0 unspecified atom stereocenters. The lowest BCUT2D eigenvalue weighted by molar-refractivity contribution is -0.132. The van der Waals surface area contributed by atoms with Crippen molar-refractivity contribution in [2.24, 2.45) is 0 Å². The number of amides is 2. The Morgan fingerprint density at radius 2 is 2.08 bits per heavy atom. The molecule has 0 aliphatic carbocycles. The second-order valence-electron chi connectivity index (χ2n) is 6.71. The van der Waals surface area contributed by atoms with Crippen molar-refractivity contribution in [2.75, 3.05) is 53.0 Å². The molecule has 1 aromatic rings. The molecule has 0 radical (unpaired) electrons. The van der Waals surface area contributed by atoms with Crippen LogP contribution in [-0.2, 0) is 9.53 Å². The van der Waals surface area contributed by atoms with E-state index in [-0.39, 0.29) is 17.9 Å². The summed E-state index contributed by atoms with van der Waals surface area (Å²) in [6.45, 7) is 7.18. The normalized spacial score (nSPS) is 22.5. The molecule has 6 nitrogen and oxygen atoms in total. The van der Waals surface area contributed by atoms with E-state index in [0.717, 1.165) is 48.8 Å². The van der Waals surface area contributed by atoms with Crippen LogP contribution in [0.25, 0.3) is 0 Å². The van der Waals surface area contributed by atoms with E-state index in [4.69, 9.17) is 4.74 Å². The van der Waals surface area contributed by atoms with Gasteiger partial charge < -0.3 is 14.5 Å². The van der Waals surface area contributed by atoms with Gasteiger partial charge in [0.15, 0.2) is 0 Å². The fraction of sp³-hybridized carbons (Fsp3) is 0.667. The summed E-state index contributed by atoms with van der Waals surface area (Å²) in [5.41, 5.74) is 0. The van der Waals surface area contributed by atoms with E-state index in [1.54, 1.807) is 18.4 Å². The largest absolute Gasteiger partial charge is 0.383 e. The van der Waals surface area contributed by atoms with Crippen molar-refractivity contribution in [3.05, 3.63) is 21.9 Å². The molecule has 2 aliphatic rings. The predicted molar refractivity (Wildman–Crippen MR) is 98.0 cm³/mol. The number of carbonyl (C=O) groups excluding carboxylic acids is 2. The molecule has 0 N–H and O–H groups in total. The van der Waals surface area contributed by atoms with Crippen LogP contribution in [0.4, 0.5) is 0 Å². The number of aryl methyl sites for hydroxylation is 1. The Morgan fingerprint density at radius 3 is 2.80 bits per heavy atom. The Balaban J connectivity index is 1.57. The van der Waals surface area contributed by atoms with Crippen LogP contribution in [0.2, 0.25) is 0 Å². The van der Waals surface area contributed by atoms with Crippen LogP contribution in [0.5, 0.6) is 0 Å². The molecule has 138 valence electrons. The molecule has 7 heteroatoms. The lowest BCUT2D eigenvalue weighted by atomic mass is 10.2. The van der Waals surface area contributed by atoms with Crippen molar-refractivity contribution < 1.29 is 14.3 Å². The number of likely N-dealkylation sites (tertiary alicyclic amines) is 1. The van der Waals surface area contributed by atoms with Crippen molar-refractivity contribution >= 4 is 23.2 Å². The molecule has 0 aromatic carbocycles. The second kappa shape index (κ2) is 8.29. The topological polar surface area (TPSA) is 53.1 Å². The summed E-state index contributed by atoms with van der Waals surface area (Å²) >= 11 is 1.55. The molecular weight excluding hydrogens is 338 g/mol. The zero-order valence-corrected chi connectivity index (χ0v) is 15.9. The highest BCUT2D eigenvalue weighted by atomic mass is 32.1. The fourth-order valence-electron chi connectivity index (χ4n) is 3.64. The SMILES string of the molecule is COCCN1CC[C@@H](N2CCCN(C(=O)c3ccc(C)s3)CC2)C1=O. The minimum absolute atomic E-state index is 0.0316. The predicted octanol–water partition coefficient (Wildman–Crippen LogP) is 1.45. The third-order valence-electron chi connectivity index (χ3n) is 5.04. The summed E-state index contributed by atoms with van der Waals surface area (Å²) in [5.74, 6) is 0.338. The summed E-state index contributed by atoms with van der Waals surface area (Å²) in [6.07, 6.45) is 1.79. The number of carbonyl (C=O) groups is 2. The van der Waals surface area contributed by atoms with Crippen molar-refractivity contribution in [1.82, 2.24) is 14.7 Å². The molecule has 1 aromatic heterocycles. The molecule has 3 heterocycles. The van der Waals surface area contributed by atoms with Gasteiger partial charge in [-0.1, -0.05) is 0 Å². The minimum atomic E-state index is -0.0316. The highest BCUT2D eigenvalue weighted by molar-refractivity contribution is 7.13. The summed E-state index contributed by atoms with van der Waals surface area (Å²) < 4.78 is 5.09. The molecule has 25 heavy (non-hydrogen) atoms. The van der Waals surface area contributed by atoms with Crippen molar-refractivity contribution in [3.63, 3.8) is 0 Å². The Morgan fingerprint density at radius 1 is 1.24 bits per heavy atom. The first-order valence-corrected chi connectivity index (χ1v) is 9.79. The standard InChI is InChI=1S/C18H27N3O3S/c1-14-4-5-16(25-14)18(23)20-8-3-7-19(10-11-20)15-6-9-21(17(15)22)12-13-24-2/h4-5,15H,3,6-13H2,1-2H3/t15-/m1/s1. The highest BCUT2D eigenvalue weighted by Gasteiger charge is 2.36. The van der Waals surface area contributed by atoms with E-state index in [1.807, 2.05) is 28.9 Å². The molecule has 0 bridgehead atoms.